The molecular weight excluding hydrogens is 362 g/mol. The summed E-state index contributed by atoms with van der Waals surface area (Å²) in [6, 6.07) is 12.1. The highest BCUT2D eigenvalue weighted by Gasteiger charge is 2.21. The fourth-order valence-electron chi connectivity index (χ4n) is 2.47. The minimum atomic E-state index is -1.05. The second kappa shape index (κ2) is 8.34. The van der Waals surface area contributed by atoms with Crippen LogP contribution >= 0.6 is 0 Å². The van der Waals surface area contributed by atoms with Crippen LogP contribution in [-0.4, -0.2) is 42.2 Å². The molecule has 3 rings (SSSR count). The molecule has 144 valence electrons. The van der Waals surface area contributed by atoms with Crippen LogP contribution in [0.5, 0.6) is 11.5 Å². The lowest BCUT2D eigenvalue weighted by Crippen LogP contribution is -2.30. The van der Waals surface area contributed by atoms with E-state index in [2.05, 4.69) is 15.3 Å². The SMILES string of the molecule is COc1ccc(NC(=O)C(C)OC(=O)c2cnc3ccccc3n2)c(OC)c1. The number of ether oxygens (including phenoxy) is 3. The van der Waals surface area contributed by atoms with E-state index in [-0.39, 0.29) is 5.69 Å². The molecule has 2 aromatic carbocycles. The van der Waals surface area contributed by atoms with Gasteiger partial charge in [-0.1, -0.05) is 12.1 Å². The Hall–Kier alpha value is -3.68. The number of hydrogen-bond donors (Lipinski definition) is 1. The Morgan fingerprint density at radius 1 is 1.04 bits per heavy atom. The molecule has 0 saturated heterocycles. The van der Waals surface area contributed by atoms with Crippen LogP contribution in [-0.2, 0) is 9.53 Å². The first-order valence-electron chi connectivity index (χ1n) is 8.47. The number of anilines is 1. The summed E-state index contributed by atoms with van der Waals surface area (Å²) in [5.41, 5.74) is 1.69. The van der Waals surface area contributed by atoms with E-state index in [0.29, 0.717) is 28.2 Å². The van der Waals surface area contributed by atoms with Gasteiger partial charge < -0.3 is 19.5 Å². The van der Waals surface area contributed by atoms with Gasteiger partial charge in [-0.2, -0.15) is 0 Å². The van der Waals surface area contributed by atoms with Crippen molar-refractivity contribution in [2.75, 3.05) is 19.5 Å². The van der Waals surface area contributed by atoms with Crippen LogP contribution in [0.3, 0.4) is 0 Å². The van der Waals surface area contributed by atoms with Crippen LogP contribution in [0.4, 0.5) is 5.69 Å². The molecule has 0 aliphatic rings. The Balaban J connectivity index is 1.68. The molecule has 1 heterocycles. The molecule has 1 unspecified atom stereocenters. The molecule has 1 N–H and O–H groups in total. The van der Waals surface area contributed by atoms with E-state index < -0.39 is 18.0 Å². The molecule has 0 fully saturated rings. The van der Waals surface area contributed by atoms with Crippen LogP contribution in [0.15, 0.2) is 48.7 Å². The number of benzene rings is 2. The number of hydrogen-bond acceptors (Lipinski definition) is 7. The summed E-state index contributed by atoms with van der Waals surface area (Å²) < 4.78 is 15.6. The maximum Gasteiger partial charge on any atom is 0.359 e. The fraction of sp³-hybridized carbons (Fsp3) is 0.200. The van der Waals surface area contributed by atoms with Gasteiger partial charge in [0.05, 0.1) is 37.1 Å². The summed E-state index contributed by atoms with van der Waals surface area (Å²) in [5, 5.41) is 2.67. The van der Waals surface area contributed by atoms with Gasteiger partial charge in [-0.25, -0.2) is 9.78 Å². The summed E-state index contributed by atoms with van der Waals surface area (Å²) in [5.74, 6) is -0.232. The first kappa shape index (κ1) is 19.1. The van der Waals surface area contributed by atoms with Gasteiger partial charge in [0.1, 0.15) is 11.5 Å². The standard InChI is InChI=1S/C20H19N3O5/c1-12(19(24)23-16-9-8-13(26-2)10-18(16)27-3)28-20(25)17-11-21-14-6-4-5-7-15(14)22-17/h4-12H,1-3H3,(H,23,24). The predicted octanol–water partition coefficient (Wildman–Crippen LogP) is 2.83. The van der Waals surface area contributed by atoms with Gasteiger partial charge in [-0.15, -0.1) is 0 Å². The summed E-state index contributed by atoms with van der Waals surface area (Å²) in [6.45, 7) is 1.47. The molecule has 0 bridgehead atoms. The fourth-order valence-corrected chi connectivity index (χ4v) is 2.47. The van der Waals surface area contributed by atoms with Crippen LogP contribution in [0.1, 0.15) is 17.4 Å². The number of methoxy groups -OCH3 is 2. The summed E-state index contributed by atoms with van der Waals surface area (Å²) in [4.78, 5) is 33.1. The highest BCUT2D eigenvalue weighted by Crippen LogP contribution is 2.29. The lowest BCUT2D eigenvalue weighted by molar-refractivity contribution is -0.123. The van der Waals surface area contributed by atoms with Gasteiger partial charge in [-0.05, 0) is 31.2 Å². The molecule has 0 saturated carbocycles. The maximum absolute atomic E-state index is 12.4. The third-order valence-corrected chi connectivity index (χ3v) is 3.98. The molecule has 28 heavy (non-hydrogen) atoms. The van der Waals surface area contributed by atoms with Gasteiger partial charge in [0.15, 0.2) is 11.8 Å². The number of amides is 1. The molecular formula is C20H19N3O5. The van der Waals surface area contributed by atoms with Crippen LogP contribution in [0.2, 0.25) is 0 Å². The monoisotopic (exact) mass is 381 g/mol. The normalized spacial score (nSPS) is 11.5. The zero-order valence-electron chi connectivity index (χ0n) is 15.6. The second-order valence-electron chi connectivity index (χ2n) is 5.85. The molecule has 0 aliphatic heterocycles. The molecule has 0 spiro atoms. The molecule has 1 amide bonds. The average Bonchev–Trinajstić information content (AvgIpc) is 2.73. The third kappa shape index (κ3) is 4.17. The van der Waals surface area contributed by atoms with Crippen molar-refractivity contribution in [3.05, 3.63) is 54.4 Å². The maximum atomic E-state index is 12.4. The Morgan fingerprint density at radius 2 is 1.79 bits per heavy atom. The number of fused-ring (bicyclic) bond motifs is 1. The van der Waals surface area contributed by atoms with E-state index in [4.69, 9.17) is 14.2 Å². The molecule has 0 radical (unpaired) electrons. The first-order valence-corrected chi connectivity index (χ1v) is 8.47. The van der Waals surface area contributed by atoms with Crippen LogP contribution < -0.4 is 14.8 Å². The van der Waals surface area contributed by atoms with Crippen molar-refractivity contribution in [1.29, 1.82) is 0 Å². The third-order valence-electron chi connectivity index (χ3n) is 3.98. The highest BCUT2D eigenvalue weighted by atomic mass is 16.5. The molecule has 1 aromatic heterocycles. The van der Waals surface area contributed by atoms with Crippen molar-refractivity contribution in [2.45, 2.75) is 13.0 Å². The minimum Gasteiger partial charge on any atom is -0.497 e. The number of nitrogens with one attached hydrogen (secondary N) is 1. The molecule has 0 aliphatic carbocycles. The van der Waals surface area contributed by atoms with E-state index in [1.807, 2.05) is 6.07 Å². The molecule has 8 heteroatoms. The lowest BCUT2D eigenvalue weighted by atomic mass is 10.2. The first-order chi connectivity index (χ1) is 13.5. The largest absolute Gasteiger partial charge is 0.497 e. The summed E-state index contributed by atoms with van der Waals surface area (Å²) >= 11 is 0. The Kier molecular flexibility index (Phi) is 5.69. The quantitative estimate of drug-likeness (QED) is 0.655. The average molecular weight is 381 g/mol. The zero-order valence-corrected chi connectivity index (χ0v) is 15.6. The van der Waals surface area contributed by atoms with E-state index in [9.17, 15) is 9.59 Å². The predicted molar refractivity (Wildman–Crippen MR) is 103 cm³/mol. The van der Waals surface area contributed by atoms with Crippen molar-refractivity contribution >= 4 is 28.6 Å². The van der Waals surface area contributed by atoms with E-state index in [1.54, 1.807) is 36.4 Å². The second-order valence-corrected chi connectivity index (χ2v) is 5.85. The number of carbonyl (C=O) groups excluding carboxylic acids is 2. The number of carbonyl (C=O) groups is 2. The number of rotatable bonds is 6. The highest BCUT2D eigenvalue weighted by molar-refractivity contribution is 5.98. The van der Waals surface area contributed by atoms with Gasteiger partial charge in [0.2, 0.25) is 0 Å². The Bertz CT molecular complexity index is 1020. The molecule has 3 aromatic rings. The molecule has 8 nitrogen and oxygen atoms in total. The smallest absolute Gasteiger partial charge is 0.359 e. The van der Waals surface area contributed by atoms with Crippen molar-refractivity contribution in [3.63, 3.8) is 0 Å². The number of esters is 1. The van der Waals surface area contributed by atoms with Crippen molar-refractivity contribution in [2.24, 2.45) is 0 Å². The van der Waals surface area contributed by atoms with Gasteiger partial charge >= 0.3 is 5.97 Å². The summed E-state index contributed by atoms with van der Waals surface area (Å²) in [7, 11) is 3.01. The van der Waals surface area contributed by atoms with E-state index >= 15 is 0 Å². The van der Waals surface area contributed by atoms with E-state index in [1.165, 1.54) is 27.3 Å². The minimum absolute atomic E-state index is 0.0281. The number of nitrogens with zero attached hydrogens (tertiary/aromatic N) is 2. The molecule has 1 atom stereocenters. The Morgan fingerprint density at radius 3 is 2.50 bits per heavy atom. The van der Waals surface area contributed by atoms with Crippen molar-refractivity contribution in [3.8, 4) is 11.5 Å². The van der Waals surface area contributed by atoms with Crippen LogP contribution in [0.25, 0.3) is 11.0 Å². The summed E-state index contributed by atoms with van der Waals surface area (Å²) in [6.07, 6.45) is 0.273. The Labute approximate surface area is 161 Å². The van der Waals surface area contributed by atoms with Crippen LogP contribution in [0, 0.1) is 0 Å². The van der Waals surface area contributed by atoms with Gasteiger partial charge in [0.25, 0.3) is 5.91 Å². The van der Waals surface area contributed by atoms with Gasteiger partial charge in [0, 0.05) is 6.07 Å². The number of para-hydroxylation sites is 2. The topological polar surface area (TPSA) is 99.6 Å². The van der Waals surface area contributed by atoms with Gasteiger partial charge in [-0.3, -0.25) is 9.78 Å². The van der Waals surface area contributed by atoms with E-state index in [0.717, 1.165) is 0 Å². The van der Waals surface area contributed by atoms with Crippen molar-refractivity contribution in [1.82, 2.24) is 9.97 Å². The van der Waals surface area contributed by atoms with Crippen molar-refractivity contribution < 1.29 is 23.8 Å². The number of aromatic nitrogens is 2. The zero-order chi connectivity index (χ0) is 20.1. The lowest BCUT2D eigenvalue weighted by Gasteiger charge is -2.15.